The van der Waals surface area contributed by atoms with E-state index in [2.05, 4.69) is 5.32 Å². The number of hydrogen-bond donors (Lipinski definition) is 1. The molecule has 2 atom stereocenters. The summed E-state index contributed by atoms with van der Waals surface area (Å²) in [6.07, 6.45) is 0.913. The number of ether oxygens (including phenoxy) is 1. The maximum atomic E-state index is 12.6. The maximum absolute atomic E-state index is 12.6. The molecule has 1 N–H and O–H groups in total. The Hall–Kier alpha value is -1.28. The summed E-state index contributed by atoms with van der Waals surface area (Å²) < 4.78 is 5.25. The van der Waals surface area contributed by atoms with Crippen molar-refractivity contribution in [1.29, 1.82) is 0 Å². The Balaban J connectivity index is 1.65. The van der Waals surface area contributed by atoms with E-state index in [1.54, 1.807) is 21.6 Å². The van der Waals surface area contributed by atoms with Crippen LogP contribution in [0.15, 0.2) is 0 Å². The Kier molecular flexibility index (Phi) is 4.34. The number of carbonyl (C=O) groups is 3. The summed E-state index contributed by atoms with van der Waals surface area (Å²) in [6.45, 7) is 2.28. The quantitative estimate of drug-likeness (QED) is 0.709. The van der Waals surface area contributed by atoms with Crippen LogP contribution >= 0.6 is 11.8 Å². The van der Waals surface area contributed by atoms with E-state index in [0.29, 0.717) is 50.8 Å². The van der Waals surface area contributed by atoms with Crippen molar-refractivity contribution in [2.45, 2.75) is 24.9 Å². The summed E-state index contributed by atoms with van der Waals surface area (Å²) in [4.78, 5) is 39.7. The van der Waals surface area contributed by atoms with Gasteiger partial charge in [0.05, 0.1) is 19.1 Å². The van der Waals surface area contributed by atoms with Gasteiger partial charge in [-0.15, -0.1) is 11.8 Å². The van der Waals surface area contributed by atoms with E-state index in [4.69, 9.17) is 4.74 Å². The van der Waals surface area contributed by atoms with E-state index >= 15 is 0 Å². The van der Waals surface area contributed by atoms with Crippen molar-refractivity contribution in [2.24, 2.45) is 0 Å². The minimum Gasteiger partial charge on any atom is -0.378 e. The second kappa shape index (κ2) is 6.23. The maximum Gasteiger partial charge on any atom is 0.246 e. The standard InChI is InChI=1S/C13H19N3O4S/c17-11-2-1-9(14-11)12(18)16-8-21-7-10(16)13(19)15-3-5-20-6-4-15/h9-10H,1-8H2,(H,14,17). The van der Waals surface area contributed by atoms with Gasteiger partial charge in [0.2, 0.25) is 17.7 Å². The molecule has 0 radical (unpaired) electrons. The molecule has 3 aliphatic rings. The van der Waals surface area contributed by atoms with Gasteiger partial charge in [-0.3, -0.25) is 14.4 Å². The van der Waals surface area contributed by atoms with Crippen LogP contribution in [0.4, 0.5) is 0 Å². The van der Waals surface area contributed by atoms with E-state index in [1.165, 1.54) is 0 Å². The minimum absolute atomic E-state index is 0.000901. The Morgan fingerprint density at radius 1 is 1.24 bits per heavy atom. The molecule has 3 heterocycles. The molecule has 3 saturated heterocycles. The van der Waals surface area contributed by atoms with Crippen molar-refractivity contribution in [3.05, 3.63) is 0 Å². The van der Waals surface area contributed by atoms with Crippen LogP contribution in [0.25, 0.3) is 0 Å². The van der Waals surface area contributed by atoms with Gasteiger partial charge in [0.15, 0.2) is 0 Å². The Morgan fingerprint density at radius 3 is 2.67 bits per heavy atom. The fourth-order valence-corrected chi connectivity index (χ4v) is 4.01. The number of amides is 3. The van der Waals surface area contributed by atoms with Gasteiger partial charge in [0.25, 0.3) is 0 Å². The number of carbonyl (C=O) groups excluding carboxylic acids is 3. The predicted molar refractivity (Wildman–Crippen MR) is 76.5 cm³/mol. The molecule has 0 aromatic rings. The molecule has 0 bridgehead atoms. The van der Waals surface area contributed by atoms with Gasteiger partial charge in [0, 0.05) is 25.3 Å². The summed E-state index contributed by atoms with van der Waals surface area (Å²) in [5.41, 5.74) is 0. The van der Waals surface area contributed by atoms with E-state index in [9.17, 15) is 14.4 Å². The van der Waals surface area contributed by atoms with Gasteiger partial charge in [-0.2, -0.15) is 0 Å². The number of nitrogens with zero attached hydrogens (tertiary/aromatic N) is 2. The monoisotopic (exact) mass is 313 g/mol. The second-order valence-corrected chi connectivity index (χ2v) is 6.42. The number of morpholine rings is 1. The van der Waals surface area contributed by atoms with E-state index < -0.39 is 12.1 Å². The summed E-state index contributed by atoms with van der Waals surface area (Å²) in [7, 11) is 0. The molecule has 0 saturated carbocycles. The van der Waals surface area contributed by atoms with E-state index in [0.717, 1.165) is 0 Å². The average molecular weight is 313 g/mol. The van der Waals surface area contributed by atoms with Gasteiger partial charge in [0.1, 0.15) is 12.1 Å². The van der Waals surface area contributed by atoms with Crippen molar-refractivity contribution in [3.63, 3.8) is 0 Å². The van der Waals surface area contributed by atoms with Crippen LogP contribution in [0.1, 0.15) is 12.8 Å². The lowest BCUT2D eigenvalue weighted by molar-refractivity contribution is -0.146. The molecular weight excluding hydrogens is 294 g/mol. The van der Waals surface area contributed by atoms with Crippen LogP contribution in [0.5, 0.6) is 0 Å². The number of nitrogens with one attached hydrogen (secondary N) is 1. The first-order valence-corrected chi connectivity index (χ1v) is 8.36. The first kappa shape index (κ1) is 14.6. The number of rotatable bonds is 2. The predicted octanol–water partition coefficient (Wildman–Crippen LogP) is -0.975. The van der Waals surface area contributed by atoms with Gasteiger partial charge >= 0.3 is 0 Å². The smallest absolute Gasteiger partial charge is 0.246 e. The normalized spacial score (nSPS) is 29.6. The van der Waals surface area contributed by atoms with E-state index in [1.807, 2.05) is 0 Å². The minimum atomic E-state index is -0.462. The first-order valence-electron chi connectivity index (χ1n) is 7.21. The fourth-order valence-electron chi connectivity index (χ4n) is 2.86. The summed E-state index contributed by atoms with van der Waals surface area (Å²) in [6, 6.07) is -0.866. The van der Waals surface area contributed by atoms with Crippen LogP contribution in [-0.2, 0) is 19.1 Å². The molecule has 3 aliphatic heterocycles. The van der Waals surface area contributed by atoms with Crippen molar-refractivity contribution in [2.75, 3.05) is 37.9 Å². The summed E-state index contributed by atoms with van der Waals surface area (Å²) in [5.74, 6) is 0.934. The van der Waals surface area contributed by atoms with Crippen molar-refractivity contribution >= 4 is 29.5 Å². The van der Waals surface area contributed by atoms with Crippen LogP contribution in [0.2, 0.25) is 0 Å². The molecule has 3 amide bonds. The van der Waals surface area contributed by atoms with Gasteiger partial charge in [-0.1, -0.05) is 0 Å². The Morgan fingerprint density at radius 2 is 2.00 bits per heavy atom. The van der Waals surface area contributed by atoms with Crippen LogP contribution < -0.4 is 5.32 Å². The van der Waals surface area contributed by atoms with Gasteiger partial charge in [-0.05, 0) is 6.42 Å². The SMILES string of the molecule is O=C1CCC(C(=O)N2CSCC2C(=O)N2CCOCC2)N1. The lowest BCUT2D eigenvalue weighted by atomic mass is 10.1. The molecule has 0 aliphatic carbocycles. The van der Waals surface area contributed by atoms with Crippen LogP contribution in [-0.4, -0.2) is 77.5 Å². The largest absolute Gasteiger partial charge is 0.378 e. The van der Waals surface area contributed by atoms with Crippen molar-refractivity contribution in [1.82, 2.24) is 15.1 Å². The topological polar surface area (TPSA) is 79.0 Å². The number of thioether (sulfide) groups is 1. The van der Waals surface area contributed by atoms with Crippen molar-refractivity contribution in [3.8, 4) is 0 Å². The first-order chi connectivity index (χ1) is 10.2. The van der Waals surface area contributed by atoms with Gasteiger partial charge in [-0.25, -0.2) is 0 Å². The van der Waals surface area contributed by atoms with Crippen LogP contribution in [0, 0.1) is 0 Å². The third kappa shape index (κ3) is 3.01. The van der Waals surface area contributed by atoms with Crippen molar-refractivity contribution < 1.29 is 19.1 Å². The van der Waals surface area contributed by atoms with Gasteiger partial charge < -0.3 is 19.9 Å². The zero-order valence-corrected chi connectivity index (χ0v) is 12.6. The summed E-state index contributed by atoms with van der Waals surface area (Å²) >= 11 is 1.58. The van der Waals surface area contributed by atoms with E-state index in [-0.39, 0.29) is 17.7 Å². The third-order valence-electron chi connectivity index (χ3n) is 4.07. The second-order valence-electron chi connectivity index (χ2n) is 5.42. The highest BCUT2D eigenvalue weighted by Gasteiger charge is 2.41. The molecule has 0 spiro atoms. The lowest BCUT2D eigenvalue weighted by Gasteiger charge is -2.32. The molecule has 0 aromatic heterocycles. The Bertz CT molecular complexity index is 453. The molecule has 116 valence electrons. The highest BCUT2D eigenvalue weighted by molar-refractivity contribution is 7.99. The molecule has 8 heteroatoms. The highest BCUT2D eigenvalue weighted by atomic mass is 32.2. The average Bonchev–Trinajstić information content (AvgIpc) is 3.15. The number of hydrogen-bond acceptors (Lipinski definition) is 5. The zero-order chi connectivity index (χ0) is 14.8. The highest BCUT2D eigenvalue weighted by Crippen LogP contribution is 2.25. The third-order valence-corrected chi connectivity index (χ3v) is 5.08. The molecule has 2 unspecified atom stereocenters. The lowest BCUT2D eigenvalue weighted by Crippen LogP contribution is -2.54. The van der Waals surface area contributed by atoms with Crippen LogP contribution in [0.3, 0.4) is 0 Å². The Labute approximate surface area is 127 Å². The molecule has 3 fully saturated rings. The molecule has 3 rings (SSSR count). The zero-order valence-electron chi connectivity index (χ0n) is 11.7. The summed E-state index contributed by atoms with van der Waals surface area (Å²) in [5, 5.41) is 2.69. The molecule has 0 aromatic carbocycles. The molecule has 21 heavy (non-hydrogen) atoms. The molecule has 7 nitrogen and oxygen atoms in total. The molecular formula is C13H19N3O4S. The fraction of sp³-hybridized carbons (Fsp3) is 0.769.